The van der Waals surface area contributed by atoms with Crippen molar-refractivity contribution in [2.24, 2.45) is 17.8 Å². The van der Waals surface area contributed by atoms with Crippen molar-refractivity contribution in [3.8, 4) is 0 Å². The van der Waals surface area contributed by atoms with E-state index in [0.717, 1.165) is 38.8 Å². The van der Waals surface area contributed by atoms with Gasteiger partial charge in [-0.3, -0.25) is 0 Å². The summed E-state index contributed by atoms with van der Waals surface area (Å²) in [7, 11) is -3.36. The highest BCUT2D eigenvalue weighted by Gasteiger charge is 2.23. The van der Waals surface area contributed by atoms with Crippen LogP contribution in [0.1, 0.15) is 53.4 Å². The van der Waals surface area contributed by atoms with Gasteiger partial charge in [0.2, 0.25) is 0 Å². The third-order valence-electron chi connectivity index (χ3n) is 4.20. The first-order chi connectivity index (χ1) is 10.3. The predicted octanol–water partition coefficient (Wildman–Crippen LogP) is 2.64. The minimum Gasteiger partial charge on any atom is -0.316 e. The SMILES string of the molecule is CC(C)CCN(CCC(C)C)S(=O)(=O)NCC1CCCNC1.Cl. The molecular formula is C16H36ClN3O2S. The van der Waals surface area contributed by atoms with Crippen molar-refractivity contribution in [3.05, 3.63) is 0 Å². The Balaban J connectivity index is 0.00000484. The zero-order chi connectivity index (χ0) is 16.6. The third-order valence-corrected chi connectivity index (χ3v) is 5.78. The average Bonchev–Trinajstić information content (AvgIpc) is 2.45. The molecule has 1 aliphatic rings. The van der Waals surface area contributed by atoms with Gasteiger partial charge in [-0.05, 0) is 56.5 Å². The largest absolute Gasteiger partial charge is 0.316 e. The number of nitrogens with one attached hydrogen (secondary N) is 2. The molecule has 1 rings (SSSR count). The van der Waals surface area contributed by atoms with Gasteiger partial charge in [0.15, 0.2) is 0 Å². The second-order valence-electron chi connectivity index (χ2n) is 7.33. The molecule has 0 aromatic carbocycles. The van der Waals surface area contributed by atoms with Gasteiger partial charge in [-0.1, -0.05) is 27.7 Å². The van der Waals surface area contributed by atoms with Crippen LogP contribution >= 0.6 is 12.4 Å². The van der Waals surface area contributed by atoms with E-state index in [1.54, 1.807) is 4.31 Å². The molecule has 1 unspecified atom stereocenters. The van der Waals surface area contributed by atoms with Crippen LogP contribution in [0.5, 0.6) is 0 Å². The van der Waals surface area contributed by atoms with Crippen molar-refractivity contribution >= 4 is 22.6 Å². The van der Waals surface area contributed by atoms with Crippen molar-refractivity contribution in [2.45, 2.75) is 53.4 Å². The van der Waals surface area contributed by atoms with Crippen LogP contribution in [-0.4, -0.2) is 45.4 Å². The molecule has 0 radical (unpaired) electrons. The lowest BCUT2D eigenvalue weighted by molar-refractivity contribution is 0.341. The molecule has 1 aliphatic heterocycles. The van der Waals surface area contributed by atoms with Crippen LogP contribution in [0.2, 0.25) is 0 Å². The summed E-state index contributed by atoms with van der Waals surface area (Å²) in [5, 5.41) is 3.33. The smallest absolute Gasteiger partial charge is 0.279 e. The second-order valence-corrected chi connectivity index (χ2v) is 9.09. The van der Waals surface area contributed by atoms with E-state index in [2.05, 4.69) is 37.7 Å². The topological polar surface area (TPSA) is 61.4 Å². The highest BCUT2D eigenvalue weighted by molar-refractivity contribution is 7.87. The Bertz CT molecular complexity index is 384. The molecule has 0 bridgehead atoms. The molecule has 0 aromatic rings. The van der Waals surface area contributed by atoms with Gasteiger partial charge in [0.05, 0.1) is 0 Å². The molecule has 7 heteroatoms. The van der Waals surface area contributed by atoms with E-state index in [1.165, 1.54) is 0 Å². The van der Waals surface area contributed by atoms with Gasteiger partial charge in [0.1, 0.15) is 0 Å². The summed E-state index contributed by atoms with van der Waals surface area (Å²) in [5.41, 5.74) is 0. The Labute approximate surface area is 149 Å². The molecule has 1 fully saturated rings. The van der Waals surface area contributed by atoms with E-state index < -0.39 is 10.2 Å². The van der Waals surface area contributed by atoms with Gasteiger partial charge >= 0.3 is 0 Å². The van der Waals surface area contributed by atoms with Crippen molar-refractivity contribution in [1.82, 2.24) is 14.3 Å². The molecule has 1 heterocycles. The van der Waals surface area contributed by atoms with Crippen LogP contribution in [0.3, 0.4) is 0 Å². The zero-order valence-corrected chi connectivity index (χ0v) is 16.8. The molecule has 0 amide bonds. The maximum atomic E-state index is 12.6. The van der Waals surface area contributed by atoms with E-state index in [9.17, 15) is 8.42 Å². The maximum Gasteiger partial charge on any atom is 0.279 e. The number of hydrogen-bond donors (Lipinski definition) is 2. The van der Waals surface area contributed by atoms with E-state index in [-0.39, 0.29) is 12.4 Å². The average molecular weight is 370 g/mol. The van der Waals surface area contributed by atoms with Crippen LogP contribution < -0.4 is 10.0 Å². The monoisotopic (exact) mass is 369 g/mol. The Kier molecular flexibility index (Phi) is 11.7. The van der Waals surface area contributed by atoms with Gasteiger partial charge in [-0.15, -0.1) is 12.4 Å². The number of halogens is 1. The van der Waals surface area contributed by atoms with Gasteiger partial charge in [-0.25, -0.2) is 4.72 Å². The Morgan fingerprint density at radius 3 is 2.13 bits per heavy atom. The molecule has 0 aliphatic carbocycles. The minimum absolute atomic E-state index is 0. The molecule has 140 valence electrons. The van der Waals surface area contributed by atoms with Crippen molar-refractivity contribution in [2.75, 3.05) is 32.7 Å². The summed E-state index contributed by atoms with van der Waals surface area (Å²) in [6.45, 7) is 12.3. The molecule has 2 N–H and O–H groups in total. The maximum absolute atomic E-state index is 12.6. The molecule has 0 spiro atoms. The summed E-state index contributed by atoms with van der Waals surface area (Å²) >= 11 is 0. The molecular weight excluding hydrogens is 334 g/mol. The summed E-state index contributed by atoms with van der Waals surface area (Å²) < 4.78 is 29.7. The highest BCUT2D eigenvalue weighted by atomic mass is 35.5. The molecule has 5 nitrogen and oxygen atoms in total. The van der Waals surface area contributed by atoms with Gasteiger partial charge < -0.3 is 5.32 Å². The Morgan fingerprint density at radius 1 is 1.13 bits per heavy atom. The number of piperidine rings is 1. The Hall–Kier alpha value is 0.120. The molecule has 23 heavy (non-hydrogen) atoms. The molecule has 1 saturated heterocycles. The number of hydrogen-bond acceptors (Lipinski definition) is 3. The first-order valence-electron chi connectivity index (χ1n) is 8.76. The predicted molar refractivity (Wildman–Crippen MR) is 100 cm³/mol. The summed E-state index contributed by atoms with van der Waals surface area (Å²) in [6, 6.07) is 0. The number of nitrogens with zero attached hydrogens (tertiary/aromatic N) is 1. The first-order valence-corrected chi connectivity index (χ1v) is 10.2. The first kappa shape index (κ1) is 23.1. The third kappa shape index (κ3) is 9.87. The summed E-state index contributed by atoms with van der Waals surface area (Å²) in [6.07, 6.45) is 4.05. The normalized spacial score (nSPS) is 19.3. The van der Waals surface area contributed by atoms with E-state index in [4.69, 9.17) is 0 Å². The van der Waals surface area contributed by atoms with Crippen molar-refractivity contribution < 1.29 is 8.42 Å². The lowest BCUT2D eigenvalue weighted by Gasteiger charge is -2.27. The standard InChI is InChI=1S/C16H35N3O2S.ClH/c1-14(2)7-10-19(11-8-15(3)4)22(20,21)18-13-16-6-5-9-17-12-16;/h14-18H,5-13H2,1-4H3;1H. The lowest BCUT2D eigenvalue weighted by Crippen LogP contribution is -2.45. The van der Waals surface area contributed by atoms with Gasteiger partial charge in [0, 0.05) is 19.6 Å². The quantitative estimate of drug-likeness (QED) is 0.622. The lowest BCUT2D eigenvalue weighted by atomic mass is 10.0. The fourth-order valence-corrected chi connectivity index (χ4v) is 3.89. The fraction of sp³-hybridized carbons (Fsp3) is 1.00. The number of rotatable bonds is 10. The van der Waals surface area contributed by atoms with Crippen molar-refractivity contribution in [1.29, 1.82) is 0 Å². The highest BCUT2D eigenvalue weighted by Crippen LogP contribution is 2.12. The summed E-state index contributed by atoms with van der Waals surface area (Å²) in [5.74, 6) is 1.44. The van der Waals surface area contributed by atoms with Crippen LogP contribution in [-0.2, 0) is 10.2 Å². The Morgan fingerprint density at radius 2 is 1.70 bits per heavy atom. The summed E-state index contributed by atoms with van der Waals surface area (Å²) in [4.78, 5) is 0. The van der Waals surface area contributed by atoms with Gasteiger partial charge in [-0.2, -0.15) is 12.7 Å². The molecule has 0 saturated carbocycles. The van der Waals surface area contributed by atoms with Gasteiger partial charge in [0.25, 0.3) is 10.2 Å². The van der Waals surface area contributed by atoms with Crippen LogP contribution in [0.15, 0.2) is 0 Å². The zero-order valence-electron chi connectivity index (χ0n) is 15.2. The second kappa shape index (κ2) is 11.6. The van der Waals surface area contributed by atoms with Crippen LogP contribution in [0.4, 0.5) is 0 Å². The van der Waals surface area contributed by atoms with E-state index in [1.807, 2.05) is 0 Å². The van der Waals surface area contributed by atoms with E-state index in [0.29, 0.717) is 37.4 Å². The minimum atomic E-state index is -3.36. The molecule has 1 atom stereocenters. The van der Waals surface area contributed by atoms with Crippen LogP contribution in [0, 0.1) is 17.8 Å². The molecule has 0 aromatic heterocycles. The van der Waals surface area contributed by atoms with E-state index >= 15 is 0 Å². The van der Waals surface area contributed by atoms with Crippen molar-refractivity contribution in [3.63, 3.8) is 0 Å². The fourth-order valence-electron chi connectivity index (χ4n) is 2.57. The van der Waals surface area contributed by atoms with Crippen LogP contribution in [0.25, 0.3) is 0 Å².